The number of hydrogen-bond acceptors (Lipinski definition) is 0. The molecule has 0 saturated heterocycles. The van der Waals surface area contributed by atoms with Crippen LogP contribution in [0.2, 0.25) is 0 Å². The van der Waals surface area contributed by atoms with Gasteiger partial charge < -0.3 is 0 Å². The highest BCUT2D eigenvalue weighted by Crippen LogP contribution is 2.17. The van der Waals surface area contributed by atoms with Crippen molar-refractivity contribution in [3.8, 4) is 0 Å². The van der Waals surface area contributed by atoms with E-state index >= 15 is 0 Å². The molecule has 0 aromatic heterocycles. The molecule has 0 aliphatic carbocycles. The molecule has 0 heterocycles. The van der Waals surface area contributed by atoms with E-state index < -0.39 is 0 Å². The molecular formula is C8H9Cl. The van der Waals surface area contributed by atoms with Gasteiger partial charge in [0, 0.05) is 0 Å². The van der Waals surface area contributed by atoms with E-state index in [1.54, 1.807) is 0 Å². The van der Waals surface area contributed by atoms with Crippen LogP contribution in [0.1, 0.15) is 17.9 Å². The molecule has 0 radical (unpaired) electrons. The van der Waals surface area contributed by atoms with Gasteiger partial charge in [-0.05, 0) is 12.5 Å². The van der Waals surface area contributed by atoms with E-state index in [2.05, 4.69) is 0 Å². The summed E-state index contributed by atoms with van der Waals surface area (Å²) in [5, 5.41) is 0.131. The quantitative estimate of drug-likeness (QED) is 0.529. The SMILES string of the molecule is C[14C@@H](Cl)c1ccccc1. The van der Waals surface area contributed by atoms with Gasteiger partial charge in [-0.3, -0.25) is 0 Å². The predicted octanol–water partition coefficient (Wildman–Crippen LogP) is 2.99. The normalized spacial score (nSPS) is 13.1. The van der Waals surface area contributed by atoms with Crippen molar-refractivity contribution in [1.82, 2.24) is 0 Å². The highest BCUT2D eigenvalue weighted by molar-refractivity contribution is 6.20. The Bertz CT molecular complexity index is 167. The second-order valence-electron chi connectivity index (χ2n) is 2.03. The van der Waals surface area contributed by atoms with Crippen molar-refractivity contribution in [3.63, 3.8) is 0 Å². The third-order valence-electron chi connectivity index (χ3n) is 1.26. The number of benzene rings is 1. The van der Waals surface area contributed by atoms with Crippen LogP contribution >= 0.6 is 11.6 Å². The van der Waals surface area contributed by atoms with Gasteiger partial charge in [0.25, 0.3) is 0 Å². The van der Waals surface area contributed by atoms with Crippen LogP contribution < -0.4 is 0 Å². The van der Waals surface area contributed by atoms with Crippen molar-refractivity contribution >= 4 is 11.6 Å². The minimum atomic E-state index is 0.131. The zero-order valence-corrected chi connectivity index (χ0v) is 6.10. The van der Waals surface area contributed by atoms with Crippen molar-refractivity contribution in [1.29, 1.82) is 0 Å². The Kier molecular flexibility index (Phi) is 2.12. The third-order valence-corrected chi connectivity index (χ3v) is 1.51. The molecule has 1 aromatic carbocycles. The summed E-state index contributed by atoms with van der Waals surface area (Å²) in [4.78, 5) is 0. The van der Waals surface area contributed by atoms with Gasteiger partial charge in [-0.15, -0.1) is 11.6 Å². The van der Waals surface area contributed by atoms with E-state index in [9.17, 15) is 0 Å². The van der Waals surface area contributed by atoms with Gasteiger partial charge in [-0.1, -0.05) is 30.3 Å². The monoisotopic (exact) mass is 142 g/mol. The zero-order valence-electron chi connectivity index (χ0n) is 5.34. The van der Waals surface area contributed by atoms with Gasteiger partial charge in [0.05, 0.1) is 5.38 Å². The maximum atomic E-state index is 5.80. The molecule has 0 saturated carbocycles. The van der Waals surface area contributed by atoms with Crippen LogP contribution in [-0.4, -0.2) is 0 Å². The van der Waals surface area contributed by atoms with Crippen LogP contribution in [-0.2, 0) is 0 Å². The van der Waals surface area contributed by atoms with Crippen LogP contribution in [0.5, 0.6) is 0 Å². The van der Waals surface area contributed by atoms with Gasteiger partial charge in [0.2, 0.25) is 0 Å². The zero-order chi connectivity index (χ0) is 6.69. The fraction of sp³-hybridized carbons (Fsp3) is 0.250. The fourth-order valence-corrected chi connectivity index (χ4v) is 0.864. The van der Waals surface area contributed by atoms with Gasteiger partial charge in [-0.2, -0.15) is 0 Å². The lowest BCUT2D eigenvalue weighted by molar-refractivity contribution is 1.08. The third kappa shape index (κ3) is 1.72. The van der Waals surface area contributed by atoms with Crippen LogP contribution in [0, 0.1) is 0 Å². The second kappa shape index (κ2) is 2.88. The maximum Gasteiger partial charge on any atom is 0.0557 e. The van der Waals surface area contributed by atoms with E-state index in [0.29, 0.717) is 0 Å². The summed E-state index contributed by atoms with van der Waals surface area (Å²) in [6, 6.07) is 10.0. The Morgan fingerprint density at radius 2 is 1.78 bits per heavy atom. The molecule has 1 heteroatoms. The van der Waals surface area contributed by atoms with Crippen LogP contribution in [0.15, 0.2) is 30.3 Å². The number of halogens is 1. The first-order valence-electron chi connectivity index (χ1n) is 2.99. The first-order chi connectivity index (χ1) is 4.30. The molecule has 0 spiro atoms. The number of alkyl halides is 1. The Morgan fingerprint density at radius 1 is 1.22 bits per heavy atom. The van der Waals surface area contributed by atoms with E-state index in [-0.39, 0.29) is 5.38 Å². The average molecular weight is 143 g/mol. The summed E-state index contributed by atoms with van der Waals surface area (Å²) < 4.78 is 0. The summed E-state index contributed by atoms with van der Waals surface area (Å²) in [5.74, 6) is 0. The standard InChI is InChI=1S/C8H9Cl/c1-7(9)8-5-3-2-4-6-8/h2-7H,1H3/t7-/m1/s1/i7+2. The van der Waals surface area contributed by atoms with E-state index in [4.69, 9.17) is 11.6 Å². The molecule has 9 heavy (non-hydrogen) atoms. The van der Waals surface area contributed by atoms with Crippen LogP contribution in [0.25, 0.3) is 0 Å². The molecule has 0 fully saturated rings. The Morgan fingerprint density at radius 3 is 2.11 bits per heavy atom. The van der Waals surface area contributed by atoms with Crippen LogP contribution in [0.4, 0.5) is 0 Å². The molecule has 0 aliphatic rings. The summed E-state index contributed by atoms with van der Waals surface area (Å²) in [6.07, 6.45) is 0. The first kappa shape index (κ1) is 6.63. The summed E-state index contributed by atoms with van der Waals surface area (Å²) in [6.45, 7) is 1.97. The lowest BCUT2D eigenvalue weighted by Crippen LogP contribution is -1.80. The van der Waals surface area contributed by atoms with Gasteiger partial charge >= 0.3 is 0 Å². The van der Waals surface area contributed by atoms with Gasteiger partial charge in [0.1, 0.15) is 0 Å². The largest absolute Gasteiger partial charge is 0.118 e. The number of rotatable bonds is 1. The molecule has 0 unspecified atom stereocenters. The lowest BCUT2D eigenvalue weighted by atomic mass is 10.3. The van der Waals surface area contributed by atoms with Crippen molar-refractivity contribution in [2.75, 3.05) is 0 Å². The molecule has 0 aliphatic heterocycles. The molecule has 1 atom stereocenters. The van der Waals surface area contributed by atoms with E-state index in [1.807, 2.05) is 37.3 Å². The first-order valence-corrected chi connectivity index (χ1v) is 3.43. The van der Waals surface area contributed by atoms with Crippen molar-refractivity contribution in [2.24, 2.45) is 0 Å². The maximum absolute atomic E-state index is 5.80. The van der Waals surface area contributed by atoms with E-state index in [0.717, 1.165) is 0 Å². The fourth-order valence-electron chi connectivity index (χ4n) is 0.718. The summed E-state index contributed by atoms with van der Waals surface area (Å²) in [7, 11) is 0. The second-order valence-corrected chi connectivity index (χ2v) is 2.68. The Hall–Kier alpha value is -0.490. The van der Waals surface area contributed by atoms with Gasteiger partial charge in [0.15, 0.2) is 0 Å². The summed E-state index contributed by atoms with van der Waals surface area (Å²) >= 11 is 5.80. The highest BCUT2D eigenvalue weighted by Gasteiger charge is 1.95. The van der Waals surface area contributed by atoms with E-state index in [1.165, 1.54) is 5.56 Å². The molecule has 1 rings (SSSR count). The topological polar surface area (TPSA) is 0 Å². The minimum absolute atomic E-state index is 0.131. The predicted molar refractivity (Wildman–Crippen MR) is 40.7 cm³/mol. The molecule has 1 aromatic rings. The smallest absolute Gasteiger partial charge is 0.0557 e. The molecule has 48 valence electrons. The highest BCUT2D eigenvalue weighted by atomic mass is 35.5. The molecular weight excluding hydrogens is 134 g/mol. The minimum Gasteiger partial charge on any atom is -0.118 e. The van der Waals surface area contributed by atoms with Crippen molar-refractivity contribution in [2.45, 2.75) is 12.3 Å². The Balaban J connectivity index is 2.85. The summed E-state index contributed by atoms with van der Waals surface area (Å²) in [5.41, 5.74) is 1.18. The molecule has 0 nitrogen and oxygen atoms in total. The van der Waals surface area contributed by atoms with Crippen molar-refractivity contribution < 1.29 is 0 Å². The molecule has 0 amide bonds. The van der Waals surface area contributed by atoms with Gasteiger partial charge in [-0.25, -0.2) is 0 Å². The van der Waals surface area contributed by atoms with Crippen molar-refractivity contribution in [3.05, 3.63) is 35.9 Å². The Labute approximate surface area is 60.5 Å². The van der Waals surface area contributed by atoms with Crippen LogP contribution in [0.3, 0.4) is 0 Å². The molecule has 0 bridgehead atoms. The average Bonchev–Trinajstić information content (AvgIpc) is 1.90. The number of hydrogen-bond donors (Lipinski definition) is 0. The lowest BCUT2D eigenvalue weighted by Gasteiger charge is -1.99. The molecule has 0 N–H and O–H groups in total.